The summed E-state index contributed by atoms with van der Waals surface area (Å²) in [6.45, 7) is 8.39. The normalized spacial score (nSPS) is 15.7. The summed E-state index contributed by atoms with van der Waals surface area (Å²) in [4.78, 5) is 2.32. The molecule has 0 spiro atoms. The van der Waals surface area contributed by atoms with E-state index in [4.69, 9.17) is 9.31 Å². The number of aromatic nitrogens is 1. The van der Waals surface area contributed by atoms with Crippen LogP contribution < -0.4 is 10.4 Å². The molecule has 2 heterocycles. The Morgan fingerprint density at radius 2 is 1.11 bits per heavy atom. The summed E-state index contributed by atoms with van der Waals surface area (Å²) in [5, 5.41) is 4.88. The molecule has 1 saturated heterocycles. The summed E-state index contributed by atoms with van der Waals surface area (Å²) in [6.07, 6.45) is 0. The molecule has 0 saturated carbocycles. The van der Waals surface area contributed by atoms with Gasteiger partial charge in [-0.1, -0.05) is 78.9 Å². The van der Waals surface area contributed by atoms with E-state index in [1.54, 1.807) is 0 Å². The average molecular weight is 587 g/mol. The Labute approximate surface area is 264 Å². The van der Waals surface area contributed by atoms with Crippen LogP contribution in [0.3, 0.4) is 0 Å². The van der Waals surface area contributed by atoms with Gasteiger partial charge in [-0.3, -0.25) is 0 Å². The molecule has 1 aliphatic heterocycles. The van der Waals surface area contributed by atoms with Crippen LogP contribution in [0.25, 0.3) is 38.3 Å². The van der Waals surface area contributed by atoms with Gasteiger partial charge in [-0.05, 0) is 105 Å². The monoisotopic (exact) mass is 586 g/mol. The van der Waals surface area contributed by atoms with E-state index >= 15 is 0 Å². The average Bonchev–Trinajstić information content (AvgIpc) is 3.50. The fourth-order valence-corrected chi connectivity index (χ4v) is 6.48. The van der Waals surface area contributed by atoms with Crippen LogP contribution in [0.5, 0.6) is 0 Å². The number of benzene rings is 6. The standard InChI is InChI=1S/C40H35BN2O2/c1-39(2)40(3,4)45-41(44-39)30-19-25-36-35-16-10-11-17-37(35)43(38(36)27-30)33-23-21-32(22-24-33)42(31-14-6-5-7-15-31)34-20-18-28-12-8-9-13-29(28)26-34/h5-27H,1-4H3. The number of rotatable bonds is 5. The smallest absolute Gasteiger partial charge is 0.399 e. The summed E-state index contributed by atoms with van der Waals surface area (Å²) in [5.41, 5.74) is 6.96. The van der Waals surface area contributed by atoms with Crippen LogP contribution in [0.15, 0.2) is 140 Å². The molecule has 1 fully saturated rings. The van der Waals surface area contributed by atoms with E-state index in [2.05, 4.69) is 177 Å². The van der Waals surface area contributed by atoms with Gasteiger partial charge >= 0.3 is 7.12 Å². The van der Waals surface area contributed by atoms with Gasteiger partial charge in [0.2, 0.25) is 0 Å². The van der Waals surface area contributed by atoms with Crippen LogP contribution in [-0.4, -0.2) is 22.9 Å². The fraction of sp³-hybridized carbons (Fsp3) is 0.150. The predicted molar refractivity (Wildman–Crippen MR) is 189 cm³/mol. The zero-order valence-corrected chi connectivity index (χ0v) is 26.1. The summed E-state index contributed by atoms with van der Waals surface area (Å²) in [5.74, 6) is 0. The van der Waals surface area contributed by atoms with Crippen molar-refractivity contribution in [1.29, 1.82) is 0 Å². The lowest BCUT2D eigenvalue weighted by Gasteiger charge is -2.32. The minimum absolute atomic E-state index is 0.398. The molecule has 4 nitrogen and oxygen atoms in total. The second-order valence-corrected chi connectivity index (χ2v) is 12.9. The molecule has 0 bridgehead atoms. The third-order valence-corrected chi connectivity index (χ3v) is 9.59. The van der Waals surface area contributed by atoms with Gasteiger partial charge in [0, 0.05) is 33.5 Å². The maximum atomic E-state index is 6.43. The maximum Gasteiger partial charge on any atom is 0.494 e. The van der Waals surface area contributed by atoms with Gasteiger partial charge in [0.25, 0.3) is 0 Å². The van der Waals surface area contributed by atoms with Crippen LogP contribution in [0.1, 0.15) is 27.7 Å². The van der Waals surface area contributed by atoms with Crippen LogP contribution in [-0.2, 0) is 9.31 Å². The van der Waals surface area contributed by atoms with E-state index in [1.807, 2.05) is 0 Å². The molecule has 6 aromatic carbocycles. The van der Waals surface area contributed by atoms with Gasteiger partial charge in [0.15, 0.2) is 0 Å². The van der Waals surface area contributed by atoms with Crippen molar-refractivity contribution in [3.8, 4) is 5.69 Å². The maximum absolute atomic E-state index is 6.43. The molecule has 5 heteroatoms. The van der Waals surface area contributed by atoms with Crippen molar-refractivity contribution in [1.82, 2.24) is 4.57 Å². The molecule has 0 atom stereocenters. The molecule has 220 valence electrons. The number of hydrogen-bond donors (Lipinski definition) is 0. The topological polar surface area (TPSA) is 26.6 Å². The van der Waals surface area contributed by atoms with Crippen molar-refractivity contribution in [3.05, 3.63) is 140 Å². The Balaban J connectivity index is 1.24. The first-order chi connectivity index (χ1) is 21.8. The molecule has 1 aliphatic rings. The minimum atomic E-state index is -0.422. The first-order valence-electron chi connectivity index (χ1n) is 15.6. The molecule has 0 unspecified atom stereocenters. The van der Waals surface area contributed by atoms with E-state index in [0.29, 0.717) is 0 Å². The lowest BCUT2D eigenvalue weighted by atomic mass is 9.79. The minimum Gasteiger partial charge on any atom is -0.399 e. The molecule has 0 N–H and O–H groups in total. The number of nitrogens with zero attached hydrogens (tertiary/aromatic N) is 2. The van der Waals surface area contributed by atoms with Crippen molar-refractivity contribution in [2.24, 2.45) is 0 Å². The quantitative estimate of drug-likeness (QED) is 0.188. The largest absolute Gasteiger partial charge is 0.494 e. The van der Waals surface area contributed by atoms with Crippen LogP contribution in [0.4, 0.5) is 17.1 Å². The molecule has 1 aromatic heterocycles. The highest BCUT2D eigenvalue weighted by molar-refractivity contribution is 6.62. The van der Waals surface area contributed by atoms with E-state index in [9.17, 15) is 0 Å². The highest BCUT2D eigenvalue weighted by Crippen LogP contribution is 2.39. The van der Waals surface area contributed by atoms with Gasteiger partial charge in [0.05, 0.1) is 22.2 Å². The van der Waals surface area contributed by atoms with Crippen molar-refractivity contribution in [2.45, 2.75) is 38.9 Å². The van der Waals surface area contributed by atoms with E-state index < -0.39 is 18.3 Å². The zero-order chi connectivity index (χ0) is 30.8. The summed E-state index contributed by atoms with van der Waals surface area (Å²) in [7, 11) is -0.422. The van der Waals surface area contributed by atoms with Gasteiger partial charge < -0.3 is 18.8 Å². The molecular weight excluding hydrogens is 551 g/mol. The molecular formula is C40H35BN2O2. The fourth-order valence-electron chi connectivity index (χ4n) is 6.48. The van der Waals surface area contributed by atoms with Crippen molar-refractivity contribution in [2.75, 3.05) is 4.90 Å². The van der Waals surface area contributed by atoms with Crippen LogP contribution in [0, 0.1) is 0 Å². The first kappa shape index (κ1) is 27.7. The molecule has 0 aliphatic carbocycles. The summed E-state index contributed by atoms with van der Waals surface area (Å²) in [6, 6.07) is 49.8. The second kappa shape index (κ2) is 10.4. The van der Waals surface area contributed by atoms with E-state index in [1.165, 1.54) is 27.1 Å². The van der Waals surface area contributed by atoms with E-state index in [0.717, 1.165) is 33.7 Å². The number of anilines is 3. The Morgan fingerprint density at radius 3 is 1.87 bits per heavy atom. The van der Waals surface area contributed by atoms with Crippen molar-refractivity contribution < 1.29 is 9.31 Å². The number of hydrogen-bond acceptors (Lipinski definition) is 3. The number of fused-ring (bicyclic) bond motifs is 4. The number of para-hydroxylation sites is 2. The zero-order valence-electron chi connectivity index (χ0n) is 26.1. The molecule has 0 amide bonds. The van der Waals surface area contributed by atoms with Gasteiger partial charge in [0.1, 0.15) is 0 Å². The molecule has 7 aromatic rings. The Kier molecular flexibility index (Phi) is 6.38. The molecule has 45 heavy (non-hydrogen) atoms. The van der Waals surface area contributed by atoms with Crippen LogP contribution in [0.2, 0.25) is 0 Å². The lowest BCUT2D eigenvalue weighted by molar-refractivity contribution is 0.00578. The Bertz CT molecular complexity index is 2170. The Hall–Kier alpha value is -4.84. The van der Waals surface area contributed by atoms with Gasteiger partial charge in [-0.25, -0.2) is 0 Å². The predicted octanol–water partition coefficient (Wildman–Crippen LogP) is 9.71. The van der Waals surface area contributed by atoms with Crippen LogP contribution >= 0.6 is 0 Å². The Morgan fingerprint density at radius 1 is 0.511 bits per heavy atom. The first-order valence-corrected chi connectivity index (χ1v) is 15.6. The van der Waals surface area contributed by atoms with Crippen molar-refractivity contribution >= 4 is 62.2 Å². The lowest BCUT2D eigenvalue weighted by Crippen LogP contribution is -2.41. The highest BCUT2D eigenvalue weighted by atomic mass is 16.7. The molecule has 0 radical (unpaired) electrons. The highest BCUT2D eigenvalue weighted by Gasteiger charge is 2.51. The van der Waals surface area contributed by atoms with E-state index in [-0.39, 0.29) is 0 Å². The summed E-state index contributed by atoms with van der Waals surface area (Å²) < 4.78 is 15.2. The second-order valence-electron chi connectivity index (χ2n) is 12.9. The van der Waals surface area contributed by atoms with Gasteiger partial charge in [-0.2, -0.15) is 0 Å². The third-order valence-electron chi connectivity index (χ3n) is 9.59. The summed E-state index contributed by atoms with van der Waals surface area (Å²) >= 11 is 0. The molecule has 8 rings (SSSR count). The third kappa shape index (κ3) is 4.62. The van der Waals surface area contributed by atoms with Crippen molar-refractivity contribution in [3.63, 3.8) is 0 Å². The SMILES string of the molecule is CC1(C)OB(c2ccc3c4ccccc4n(-c4ccc(N(c5ccccc5)c5ccc6ccccc6c5)cc4)c3c2)OC1(C)C. The van der Waals surface area contributed by atoms with Gasteiger partial charge in [-0.15, -0.1) is 0 Å².